The lowest BCUT2D eigenvalue weighted by molar-refractivity contribution is -0.137. The van der Waals surface area contributed by atoms with E-state index < -0.39 is 20.8 Å². The molecular formula is C12H6Cl3F3O2S2. The lowest BCUT2D eigenvalue weighted by atomic mass is 10.1. The lowest BCUT2D eigenvalue weighted by Crippen LogP contribution is -2.05. The maximum Gasteiger partial charge on any atom is 0.416 e. The molecule has 0 saturated heterocycles. The van der Waals surface area contributed by atoms with Gasteiger partial charge in [0.2, 0.25) is 0 Å². The molecule has 0 atom stereocenters. The van der Waals surface area contributed by atoms with Crippen molar-refractivity contribution >= 4 is 54.3 Å². The van der Waals surface area contributed by atoms with Crippen molar-refractivity contribution in [2.75, 3.05) is 0 Å². The molecule has 1 aromatic heterocycles. The van der Waals surface area contributed by atoms with Crippen molar-refractivity contribution < 1.29 is 21.6 Å². The molecule has 0 saturated carbocycles. The van der Waals surface area contributed by atoms with Crippen molar-refractivity contribution in [1.29, 1.82) is 0 Å². The van der Waals surface area contributed by atoms with Gasteiger partial charge in [0, 0.05) is 26.0 Å². The molecule has 1 aromatic carbocycles. The van der Waals surface area contributed by atoms with Gasteiger partial charge < -0.3 is 0 Å². The molecule has 22 heavy (non-hydrogen) atoms. The van der Waals surface area contributed by atoms with E-state index in [0.29, 0.717) is 9.75 Å². The Labute approximate surface area is 142 Å². The van der Waals surface area contributed by atoms with Gasteiger partial charge in [-0.2, -0.15) is 13.2 Å². The number of hydrogen-bond acceptors (Lipinski definition) is 3. The minimum Gasteiger partial charge on any atom is -0.207 e. The average Bonchev–Trinajstić information content (AvgIpc) is 2.68. The third-order valence-corrected chi connectivity index (χ3v) is 5.99. The van der Waals surface area contributed by atoms with Crippen LogP contribution in [-0.2, 0) is 15.2 Å². The van der Waals surface area contributed by atoms with Gasteiger partial charge in [-0.05, 0) is 25.1 Å². The van der Waals surface area contributed by atoms with Crippen LogP contribution in [0.15, 0.2) is 23.1 Å². The molecule has 0 aliphatic carbocycles. The molecule has 0 aliphatic rings. The molecule has 0 fully saturated rings. The topological polar surface area (TPSA) is 34.1 Å². The van der Waals surface area contributed by atoms with Crippen molar-refractivity contribution in [1.82, 2.24) is 0 Å². The van der Waals surface area contributed by atoms with E-state index in [9.17, 15) is 21.6 Å². The Hall–Kier alpha value is -0.470. The highest BCUT2D eigenvalue weighted by Gasteiger charge is 2.32. The molecule has 0 spiro atoms. The quantitative estimate of drug-likeness (QED) is 0.572. The van der Waals surface area contributed by atoms with E-state index in [2.05, 4.69) is 0 Å². The Morgan fingerprint density at radius 3 is 1.95 bits per heavy atom. The second kappa shape index (κ2) is 5.87. The Kier molecular flexibility index (Phi) is 4.77. The SMILES string of the molecule is Cc1sc(-c2c(Cl)cc(C(F)(F)F)cc2Cl)cc1S(=O)(=O)Cl. The van der Waals surface area contributed by atoms with Gasteiger partial charge >= 0.3 is 6.18 Å². The summed E-state index contributed by atoms with van der Waals surface area (Å²) in [5, 5.41) is -0.445. The predicted octanol–water partition coefficient (Wildman–Crippen LogP) is 5.98. The summed E-state index contributed by atoms with van der Waals surface area (Å²) >= 11 is 12.8. The molecule has 2 rings (SSSR count). The van der Waals surface area contributed by atoms with Gasteiger partial charge in [0.15, 0.2) is 0 Å². The van der Waals surface area contributed by atoms with Gasteiger partial charge in [0.05, 0.1) is 20.5 Å². The van der Waals surface area contributed by atoms with Crippen molar-refractivity contribution in [2.45, 2.75) is 18.0 Å². The number of alkyl halides is 3. The average molecular weight is 410 g/mol. The van der Waals surface area contributed by atoms with Gasteiger partial charge in [0.1, 0.15) is 0 Å². The minimum absolute atomic E-state index is 0.124. The number of hydrogen-bond donors (Lipinski definition) is 0. The van der Waals surface area contributed by atoms with Gasteiger partial charge in [0.25, 0.3) is 9.05 Å². The number of rotatable bonds is 2. The molecule has 2 nitrogen and oxygen atoms in total. The number of benzene rings is 1. The van der Waals surface area contributed by atoms with Gasteiger partial charge in [-0.15, -0.1) is 11.3 Å². The van der Waals surface area contributed by atoms with E-state index in [1.54, 1.807) is 0 Å². The third kappa shape index (κ3) is 3.54. The van der Waals surface area contributed by atoms with Crippen molar-refractivity contribution in [3.8, 4) is 10.4 Å². The van der Waals surface area contributed by atoms with Crippen LogP contribution in [0, 0.1) is 6.92 Å². The first-order chi connectivity index (χ1) is 9.91. The highest BCUT2D eigenvalue weighted by molar-refractivity contribution is 8.13. The first-order valence-corrected chi connectivity index (χ1v) is 9.41. The molecule has 0 radical (unpaired) electrons. The summed E-state index contributed by atoms with van der Waals surface area (Å²) in [6, 6.07) is 2.72. The largest absolute Gasteiger partial charge is 0.416 e. The second-order valence-corrected chi connectivity index (χ2v) is 8.89. The van der Waals surface area contributed by atoms with Crippen molar-refractivity contribution in [2.24, 2.45) is 0 Å². The fourth-order valence-electron chi connectivity index (χ4n) is 1.80. The monoisotopic (exact) mass is 408 g/mol. The normalized spacial score (nSPS) is 12.7. The molecule has 2 aromatic rings. The Bertz CT molecular complexity index is 819. The molecule has 120 valence electrons. The van der Waals surface area contributed by atoms with Crippen LogP contribution in [0.2, 0.25) is 10.0 Å². The molecular weight excluding hydrogens is 404 g/mol. The van der Waals surface area contributed by atoms with E-state index in [4.69, 9.17) is 33.9 Å². The summed E-state index contributed by atoms with van der Waals surface area (Å²) in [6.07, 6.45) is -4.58. The van der Waals surface area contributed by atoms with Crippen LogP contribution >= 0.6 is 45.2 Å². The Morgan fingerprint density at radius 2 is 1.59 bits per heavy atom. The highest BCUT2D eigenvalue weighted by Crippen LogP contribution is 2.44. The fourth-order valence-corrected chi connectivity index (χ4v) is 5.34. The van der Waals surface area contributed by atoms with Gasteiger partial charge in [-0.25, -0.2) is 8.42 Å². The first kappa shape index (κ1) is 17.9. The maximum absolute atomic E-state index is 12.7. The van der Waals surface area contributed by atoms with Crippen LogP contribution in [0.1, 0.15) is 10.4 Å². The van der Waals surface area contributed by atoms with Crippen LogP contribution in [0.3, 0.4) is 0 Å². The molecule has 1 heterocycles. The van der Waals surface area contributed by atoms with E-state index in [0.717, 1.165) is 23.5 Å². The Morgan fingerprint density at radius 1 is 1.09 bits per heavy atom. The summed E-state index contributed by atoms with van der Waals surface area (Å²) < 4.78 is 60.9. The van der Waals surface area contributed by atoms with Crippen LogP contribution in [0.25, 0.3) is 10.4 Å². The summed E-state index contributed by atoms with van der Waals surface area (Å²) in [4.78, 5) is 0.582. The van der Waals surface area contributed by atoms with E-state index >= 15 is 0 Å². The molecule has 10 heteroatoms. The standard InChI is InChI=1S/C12H6Cl3F3O2S2/c1-5-10(22(15,19)20)4-9(21-5)11-7(13)2-6(3-8(11)14)12(16,17)18/h2-4H,1H3. The third-order valence-electron chi connectivity index (χ3n) is 2.75. The van der Waals surface area contributed by atoms with E-state index in [-0.39, 0.29) is 20.5 Å². The minimum atomic E-state index is -4.58. The fraction of sp³-hybridized carbons (Fsp3) is 0.167. The van der Waals surface area contributed by atoms with Crippen LogP contribution in [0.5, 0.6) is 0 Å². The summed E-state index contributed by atoms with van der Waals surface area (Å²) in [5.74, 6) is 0. The van der Waals surface area contributed by atoms with Crippen molar-refractivity contribution in [3.63, 3.8) is 0 Å². The first-order valence-electron chi connectivity index (χ1n) is 5.53. The second-order valence-electron chi connectivity index (χ2n) is 4.28. The van der Waals surface area contributed by atoms with Crippen LogP contribution in [0.4, 0.5) is 13.2 Å². The Balaban J connectivity index is 2.65. The van der Waals surface area contributed by atoms with Crippen LogP contribution < -0.4 is 0 Å². The molecule has 0 aliphatic heterocycles. The zero-order chi connectivity index (χ0) is 16.9. The summed E-state index contributed by atoms with van der Waals surface area (Å²) in [7, 11) is 1.33. The van der Waals surface area contributed by atoms with E-state index in [1.165, 1.54) is 13.0 Å². The maximum atomic E-state index is 12.7. The van der Waals surface area contributed by atoms with Gasteiger partial charge in [-0.1, -0.05) is 23.2 Å². The zero-order valence-electron chi connectivity index (χ0n) is 10.6. The number of halogens is 6. The molecule has 0 N–H and O–H groups in total. The summed E-state index contributed by atoms with van der Waals surface area (Å²) in [6.45, 7) is 1.52. The van der Waals surface area contributed by atoms with E-state index in [1.807, 2.05) is 0 Å². The lowest BCUT2D eigenvalue weighted by Gasteiger charge is -2.11. The smallest absolute Gasteiger partial charge is 0.207 e. The molecule has 0 amide bonds. The zero-order valence-corrected chi connectivity index (χ0v) is 14.5. The van der Waals surface area contributed by atoms with Crippen LogP contribution in [-0.4, -0.2) is 8.42 Å². The molecule has 0 unspecified atom stereocenters. The number of aryl methyl sites for hydroxylation is 1. The molecule has 0 bridgehead atoms. The highest BCUT2D eigenvalue weighted by atomic mass is 35.7. The number of thiophene rings is 1. The predicted molar refractivity (Wildman–Crippen MR) is 82.6 cm³/mol. The van der Waals surface area contributed by atoms with Gasteiger partial charge in [-0.3, -0.25) is 0 Å². The van der Waals surface area contributed by atoms with Crippen molar-refractivity contribution in [3.05, 3.63) is 38.7 Å². The summed E-state index contributed by atoms with van der Waals surface area (Å²) in [5.41, 5.74) is -0.847.